The summed E-state index contributed by atoms with van der Waals surface area (Å²) in [5.74, 6) is -0.126. The van der Waals surface area contributed by atoms with Gasteiger partial charge in [-0.25, -0.2) is 0 Å². The molecule has 1 aliphatic rings. The molecule has 2 rings (SSSR count). The number of amides is 1. The number of carbonyl (C=O) groups is 1. The molecule has 0 unspecified atom stereocenters. The van der Waals surface area contributed by atoms with Crippen LogP contribution in [0.3, 0.4) is 0 Å². The van der Waals surface area contributed by atoms with Crippen LogP contribution >= 0.6 is 11.6 Å². The van der Waals surface area contributed by atoms with Gasteiger partial charge in [0.15, 0.2) is 0 Å². The number of anilines is 2. The van der Waals surface area contributed by atoms with Gasteiger partial charge in [0.25, 0.3) is 0 Å². The first-order valence-electron chi connectivity index (χ1n) is 6.65. The van der Waals surface area contributed by atoms with Crippen LogP contribution in [0.2, 0.25) is 5.02 Å². The molecular formula is C14H20ClN3O2. The van der Waals surface area contributed by atoms with Gasteiger partial charge in [-0.3, -0.25) is 9.69 Å². The summed E-state index contributed by atoms with van der Waals surface area (Å²) in [6, 6.07) is 4.98. The van der Waals surface area contributed by atoms with E-state index in [0.29, 0.717) is 48.9 Å². The fraction of sp³-hybridized carbons (Fsp3) is 0.500. The molecule has 0 aromatic heterocycles. The molecule has 4 N–H and O–H groups in total. The van der Waals surface area contributed by atoms with E-state index in [4.69, 9.17) is 17.3 Å². The molecule has 1 saturated heterocycles. The third kappa shape index (κ3) is 4.10. The van der Waals surface area contributed by atoms with Crippen LogP contribution < -0.4 is 11.1 Å². The van der Waals surface area contributed by atoms with Crippen molar-refractivity contribution in [2.75, 3.05) is 30.7 Å². The predicted molar refractivity (Wildman–Crippen MR) is 80.8 cm³/mol. The highest BCUT2D eigenvalue weighted by atomic mass is 35.5. The van der Waals surface area contributed by atoms with E-state index in [1.807, 2.05) is 11.8 Å². The van der Waals surface area contributed by atoms with Crippen molar-refractivity contribution in [1.29, 1.82) is 0 Å². The molecule has 1 fully saturated rings. The minimum atomic E-state index is -0.607. The first-order chi connectivity index (χ1) is 9.35. The summed E-state index contributed by atoms with van der Waals surface area (Å²) >= 11 is 6.00. The zero-order valence-electron chi connectivity index (χ0n) is 11.5. The molecule has 1 aromatic carbocycles. The van der Waals surface area contributed by atoms with E-state index in [1.54, 1.807) is 18.2 Å². The van der Waals surface area contributed by atoms with Gasteiger partial charge in [0.05, 0.1) is 22.9 Å². The van der Waals surface area contributed by atoms with Gasteiger partial charge in [0.2, 0.25) is 5.91 Å². The number of halogens is 1. The second kappa shape index (κ2) is 5.99. The van der Waals surface area contributed by atoms with Gasteiger partial charge in [-0.1, -0.05) is 11.6 Å². The lowest BCUT2D eigenvalue weighted by atomic mass is 9.94. The molecule has 0 bridgehead atoms. The average molecular weight is 298 g/mol. The van der Waals surface area contributed by atoms with Crippen molar-refractivity contribution in [2.24, 2.45) is 0 Å². The predicted octanol–water partition coefficient (Wildman–Crippen LogP) is 1.71. The Bertz CT molecular complexity index is 495. The summed E-state index contributed by atoms with van der Waals surface area (Å²) in [4.78, 5) is 14.0. The number of rotatable bonds is 3. The van der Waals surface area contributed by atoms with Crippen LogP contribution in [-0.2, 0) is 4.79 Å². The van der Waals surface area contributed by atoms with Crippen molar-refractivity contribution >= 4 is 28.9 Å². The van der Waals surface area contributed by atoms with Crippen molar-refractivity contribution in [3.8, 4) is 0 Å². The Morgan fingerprint density at radius 1 is 1.50 bits per heavy atom. The second-order valence-electron chi connectivity index (χ2n) is 5.56. The van der Waals surface area contributed by atoms with Gasteiger partial charge in [-0.15, -0.1) is 0 Å². The molecule has 0 atom stereocenters. The van der Waals surface area contributed by atoms with Crippen LogP contribution in [0.5, 0.6) is 0 Å². The molecule has 5 nitrogen and oxygen atoms in total. The van der Waals surface area contributed by atoms with Crippen LogP contribution in [0.25, 0.3) is 0 Å². The Hall–Kier alpha value is -1.30. The van der Waals surface area contributed by atoms with Gasteiger partial charge in [0, 0.05) is 18.8 Å². The van der Waals surface area contributed by atoms with E-state index in [0.717, 1.165) is 0 Å². The van der Waals surface area contributed by atoms with Crippen LogP contribution in [0.1, 0.15) is 19.8 Å². The number of likely N-dealkylation sites (tertiary alicyclic amines) is 1. The maximum Gasteiger partial charge on any atom is 0.238 e. The quantitative estimate of drug-likeness (QED) is 0.742. The Morgan fingerprint density at radius 2 is 2.15 bits per heavy atom. The smallest absolute Gasteiger partial charge is 0.238 e. The number of hydrogen-bond acceptors (Lipinski definition) is 4. The summed E-state index contributed by atoms with van der Waals surface area (Å²) in [7, 11) is 0. The van der Waals surface area contributed by atoms with E-state index < -0.39 is 5.60 Å². The van der Waals surface area contributed by atoms with E-state index >= 15 is 0 Å². The van der Waals surface area contributed by atoms with E-state index in [1.165, 1.54) is 0 Å². The fourth-order valence-corrected chi connectivity index (χ4v) is 2.39. The zero-order valence-corrected chi connectivity index (χ0v) is 12.3. The van der Waals surface area contributed by atoms with Gasteiger partial charge in [-0.05, 0) is 38.0 Å². The first kappa shape index (κ1) is 15.1. The number of nitrogen functional groups attached to an aromatic ring is 1. The summed E-state index contributed by atoms with van der Waals surface area (Å²) in [5, 5.41) is 13.1. The van der Waals surface area contributed by atoms with Gasteiger partial charge >= 0.3 is 0 Å². The lowest BCUT2D eigenvalue weighted by Crippen LogP contribution is -2.45. The number of nitrogens with zero attached hydrogens (tertiary/aromatic N) is 1. The molecule has 20 heavy (non-hydrogen) atoms. The molecule has 0 spiro atoms. The molecule has 0 saturated carbocycles. The van der Waals surface area contributed by atoms with E-state index in [2.05, 4.69) is 5.32 Å². The van der Waals surface area contributed by atoms with Gasteiger partial charge in [-0.2, -0.15) is 0 Å². The number of piperidine rings is 1. The molecular weight excluding hydrogens is 278 g/mol. The van der Waals surface area contributed by atoms with Crippen LogP contribution in [0, 0.1) is 0 Å². The van der Waals surface area contributed by atoms with Crippen molar-refractivity contribution < 1.29 is 9.90 Å². The summed E-state index contributed by atoms with van der Waals surface area (Å²) in [6.07, 6.45) is 1.36. The third-order valence-electron chi connectivity index (χ3n) is 3.56. The number of carbonyl (C=O) groups excluding carboxylic acids is 1. The van der Waals surface area contributed by atoms with E-state index in [-0.39, 0.29) is 5.91 Å². The Balaban J connectivity index is 1.88. The summed E-state index contributed by atoms with van der Waals surface area (Å²) < 4.78 is 0. The largest absolute Gasteiger partial charge is 0.399 e. The Labute approximate surface area is 123 Å². The third-order valence-corrected chi connectivity index (χ3v) is 3.89. The SMILES string of the molecule is CC1(O)CCN(CC(=O)Nc2cc(N)ccc2Cl)CC1. The van der Waals surface area contributed by atoms with Crippen LogP contribution in [0.4, 0.5) is 11.4 Å². The highest BCUT2D eigenvalue weighted by Gasteiger charge is 2.28. The topological polar surface area (TPSA) is 78.6 Å². The molecule has 1 amide bonds. The lowest BCUT2D eigenvalue weighted by molar-refractivity contribution is -0.118. The number of nitrogens with one attached hydrogen (secondary N) is 1. The van der Waals surface area contributed by atoms with Crippen molar-refractivity contribution in [1.82, 2.24) is 4.90 Å². The van der Waals surface area contributed by atoms with Crippen LogP contribution in [0.15, 0.2) is 18.2 Å². The standard InChI is InChI=1S/C14H20ClN3O2/c1-14(20)4-6-18(7-5-14)9-13(19)17-12-8-10(16)2-3-11(12)15/h2-3,8,20H,4-7,9,16H2,1H3,(H,17,19). The van der Waals surface area contributed by atoms with Crippen molar-refractivity contribution in [3.63, 3.8) is 0 Å². The summed E-state index contributed by atoms with van der Waals surface area (Å²) in [5.41, 5.74) is 6.14. The van der Waals surface area contributed by atoms with Crippen LogP contribution in [-0.4, -0.2) is 41.1 Å². The molecule has 0 aliphatic carbocycles. The number of aliphatic hydroxyl groups is 1. The lowest BCUT2D eigenvalue weighted by Gasteiger charge is -2.35. The van der Waals surface area contributed by atoms with E-state index in [9.17, 15) is 9.90 Å². The fourth-order valence-electron chi connectivity index (χ4n) is 2.22. The second-order valence-corrected chi connectivity index (χ2v) is 5.97. The Morgan fingerprint density at radius 3 is 2.80 bits per heavy atom. The van der Waals surface area contributed by atoms with Crippen molar-refractivity contribution in [2.45, 2.75) is 25.4 Å². The molecule has 110 valence electrons. The molecule has 0 radical (unpaired) electrons. The average Bonchev–Trinajstić information content (AvgIpc) is 2.36. The minimum Gasteiger partial charge on any atom is -0.399 e. The monoisotopic (exact) mass is 297 g/mol. The van der Waals surface area contributed by atoms with Gasteiger partial charge < -0.3 is 16.2 Å². The zero-order chi connectivity index (χ0) is 14.8. The summed E-state index contributed by atoms with van der Waals surface area (Å²) in [6.45, 7) is 3.55. The number of benzene rings is 1. The first-order valence-corrected chi connectivity index (χ1v) is 7.03. The number of nitrogens with two attached hydrogens (primary N) is 1. The van der Waals surface area contributed by atoms with Crippen molar-refractivity contribution in [3.05, 3.63) is 23.2 Å². The Kier molecular flexibility index (Phi) is 4.52. The minimum absolute atomic E-state index is 0.126. The molecule has 6 heteroatoms. The molecule has 1 heterocycles. The molecule has 1 aliphatic heterocycles. The maximum atomic E-state index is 12.0. The number of hydrogen-bond donors (Lipinski definition) is 3. The highest BCUT2D eigenvalue weighted by molar-refractivity contribution is 6.33. The molecule has 1 aromatic rings. The van der Waals surface area contributed by atoms with Gasteiger partial charge in [0.1, 0.15) is 0 Å². The normalized spacial score (nSPS) is 18.8. The highest BCUT2D eigenvalue weighted by Crippen LogP contribution is 2.24. The maximum absolute atomic E-state index is 12.0.